The smallest absolute Gasteiger partial charge is 0.364 e. The Labute approximate surface area is 164 Å². The van der Waals surface area contributed by atoms with Crippen LogP contribution in [-0.2, 0) is 12.7 Å². The Morgan fingerprint density at radius 2 is 1.86 bits per heavy atom. The molecule has 0 spiro atoms. The van der Waals surface area contributed by atoms with E-state index in [0.717, 1.165) is 49.4 Å². The summed E-state index contributed by atoms with van der Waals surface area (Å²) in [6.45, 7) is 4.49. The largest absolute Gasteiger partial charge is 0.416 e. The number of piperidine rings is 1. The second-order valence-corrected chi connectivity index (χ2v) is 7.81. The van der Waals surface area contributed by atoms with Crippen molar-refractivity contribution >= 4 is 6.21 Å². The van der Waals surface area contributed by atoms with Gasteiger partial charge in [0.05, 0.1) is 5.56 Å². The molecule has 1 aromatic carbocycles. The van der Waals surface area contributed by atoms with Gasteiger partial charge < -0.3 is 10.2 Å². The van der Waals surface area contributed by atoms with Gasteiger partial charge in [0, 0.05) is 32.9 Å². The van der Waals surface area contributed by atoms with E-state index in [-0.39, 0.29) is 0 Å². The predicted octanol–water partition coefficient (Wildman–Crippen LogP) is 3.01. The van der Waals surface area contributed by atoms with Gasteiger partial charge in [-0.2, -0.15) is 13.2 Å². The Balaban J connectivity index is 1.48. The maximum absolute atomic E-state index is 12.7. The summed E-state index contributed by atoms with van der Waals surface area (Å²) in [4.78, 5) is 8.84. The number of aliphatic imine (C=N–C) groups is 1. The lowest BCUT2D eigenvalue weighted by Crippen LogP contribution is -2.60. The van der Waals surface area contributed by atoms with Gasteiger partial charge in [-0.15, -0.1) is 0 Å². The van der Waals surface area contributed by atoms with Crippen molar-refractivity contribution in [1.29, 1.82) is 0 Å². The van der Waals surface area contributed by atoms with E-state index >= 15 is 0 Å². The summed E-state index contributed by atoms with van der Waals surface area (Å²) in [7, 11) is 3.97. The first-order valence-corrected chi connectivity index (χ1v) is 9.52. The normalized spacial score (nSPS) is 24.0. The van der Waals surface area contributed by atoms with Gasteiger partial charge in [-0.3, -0.25) is 15.2 Å². The van der Waals surface area contributed by atoms with Gasteiger partial charge in [0.15, 0.2) is 5.79 Å². The monoisotopic (exact) mass is 395 g/mol. The van der Waals surface area contributed by atoms with Gasteiger partial charge in [-0.1, -0.05) is 12.1 Å². The molecule has 1 saturated heterocycles. The highest BCUT2D eigenvalue weighted by molar-refractivity contribution is 5.73. The molecule has 1 fully saturated rings. The summed E-state index contributed by atoms with van der Waals surface area (Å²) < 4.78 is 38.0. The molecule has 0 aliphatic carbocycles. The molecule has 0 radical (unpaired) electrons. The summed E-state index contributed by atoms with van der Waals surface area (Å²) in [5.74, 6) is 0.471. The van der Waals surface area contributed by atoms with Crippen LogP contribution in [0.2, 0.25) is 0 Å². The van der Waals surface area contributed by atoms with E-state index < -0.39 is 17.5 Å². The predicted molar refractivity (Wildman–Crippen MR) is 105 cm³/mol. The van der Waals surface area contributed by atoms with E-state index in [4.69, 9.17) is 0 Å². The van der Waals surface area contributed by atoms with E-state index in [9.17, 15) is 13.2 Å². The highest BCUT2D eigenvalue weighted by Gasteiger charge is 2.31. The third-order valence-corrected chi connectivity index (χ3v) is 5.18. The highest BCUT2D eigenvalue weighted by Crippen LogP contribution is 2.29. The summed E-state index contributed by atoms with van der Waals surface area (Å²) in [6.07, 6.45) is 1.41. The van der Waals surface area contributed by atoms with Crippen LogP contribution in [0.1, 0.15) is 30.9 Å². The van der Waals surface area contributed by atoms with Crippen LogP contribution in [0, 0.1) is 0 Å². The van der Waals surface area contributed by atoms with Crippen LogP contribution in [0.3, 0.4) is 0 Å². The Bertz CT molecular complexity index is 718. The Hall–Kier alpha value is -2.06. The number of allylic oxidation sites excluding steroid dienone is 1. The van der Waals surface area contributed by atoms with E-state index in [0.29, 0.717) is 12.6 Å². The topological polar surface area (TPSA) is 42.9 Å². The molecule has 1 atom stereocenters. The van der Waals surface area contributed by atoms with Gasteiger partial charge in [0.1, 0.15) is 5.82 Å². The van der Waals surface area contributed by atoms with Gasteiger partial charge in [0.25, 0.3) is 0 Å². The Morgan fingerprint density at radius 3 is 2.43 bits per heavy atom. The first kappa shape index (κ1) is 20.7. The van der Waals surface area contributed by atoms with Crippen molar-refractivity contribution in [3.05, 3.63) is 47.3 Å². The number of halogens is 3. The number of likely N-dealkylation sites (tertiary alicyclic amines) is 1. The van der Waals surface area contributed by atoms with Crippen molar-refractivity contribution in [2.24, 2.45) is 4.99 Å². The van der Waals surface area contributed by atoms with Crippen molar-refractivity contribution < 1.29 is 13.2 Å². The molecule has 5 nitrogen and oxygen atoms in total. The minimum Gasteiger partial charge on any atom is -0.364 e. The number of alkyl halides is 3. The highest BCUT2D eigenvalue weighted by atomic mass is 19.4. The molecule has 8 heteroatoms. The zero-order valence-corrected chi connectivity index (χ0v) is 16.6. The van der Waals surface area contributed by atoms with Crippen LogP contribution in [0.15, 0.2) is 41.2 Å². The minimum absolute atomic E-state index is 0.333. The summed E-state index contributed by atoms with van der Waals surface area (Å²) >= 11 is 0. The van der Waals surface area contributed by atoms with Crippen LogP contribution in [0.5, 0.6) is 0 Å². The Morgan fingerprint density at radius 1 is 1.21 bits per heavy atom. The van der Waals surface area contributed by atoms with Gasteiger partial charge in [-0.05, 0) is 56.6 Å². The van der Waals surface area contributed by atoms with Crippen LogP contribution >= 0.6 is 0 Å². The first-order chi connectivity index (χ1) is 13.1. The van der Waals surface area contributed by atoms with E-state index in [1.165, 1.54) is 0 Å². The molecule has 0 bridgehead atoms. The van der Waals surface area contributed by atoms with Crippen LogP contribution in [0.25, 0.3) is 0 Å². The molecule has 0 saturated carbocycles. The molecular formula is C20H28F3N5. The number of benzene rings is 1. The summed E-state index contributed by atoms with van der Waals surface area (Å²) in [6, 6.07) is 5.80. The van der Waals surface area contributed by atoms with Crippen molar-refractivity contribution in [2.45, 2.75) is 44.3 Å². The number of nitrogens with zero attached hydrogens (tertiary/aromatic N) is 3. The first-order valence-electron chi connectivity index (χ1n) is 9.52. The number of rotatable bonds is 5. The molecule has 2 heterocycles. The molecule has 2 aliphatic rings. The molecule has 0 amide bonds. The zero-order valence-electron chi connectivity index (χ0n) is 16.6. The lowest BCUT2D eigenvalue weighted by atomic mass is 10.0. The number of nitrogens with one attached hydrogen (secondary N) is 2. The Kier molecular flexibility index (Phi) is 6.00. The SMILES string of the molecule is CN(C)C1=CC=NC(C)(NC2CCN(Cc3ccc(C(F)(F)F)cc3)CC2)N1. The fraction of sp³-hybridized carbons (Fsp3) is 0.550. The molecule has 1 aromatic rings. The second kappa shape index (κ2) is 8.13. The number of hydrogen-bond donors (Lipinski definition) is 2. The minimum atomic E-state index is -4.28. The van der Waals surface area contributed by atoms with Crippen LogP contribution < -0.4 is 10.6 Å². The fourth-order valence-corrected chi connectivity index (χ4v) is 3.60. The van der Waals surface area contributed by atoms with Gasteiger partial charge >= 0.3 is 6.18 Å². The average Bonchev–Trinajstić information content (AvgIpc) is 2.63. The van der Waals surface area contributed by atoms with Crippen molar-refractivity contribution in [3.63, 3.8) is 0 Å². The maximum Gasteiger partial charge on any atom is 0.416 e. The molecule has 2 aliphatic heterocycles. The standard InChI is InChI=1S/C20H28F3N5/c1-19(24-11-8-18(26-19)27(2)3)25-17-9-12-28(13-10-17)14-15-4-6-16(7-5-15)20(21,22)23/h4-8,11,17,25-26H,9-10,12-14H2,1-3H3. The molecular weight excluding hydrogens is 367 g/mol. The second-order valence-electron chi connectivity index (χ2n) is 7.81. The van der Waals surface area contributed by atoms with E-state index in [1.807, 2.05) is 38.2 Å². The molecule has 2 N–H and O–H groups in total. The van der Waals surface area contributed by atoms with Gasteiger partial charge in [-0.25, -0.2) is 0 Å². The maximum atomic E-state index is 12.7. The summed E-state index contributed by atoms with van der Waals surface area (Å²) in [5, 5.41) is 7.02. The average molecular weight is 395 g/mol. The van der Waals surface area contributed by atoms with Gasteiger partial charge in [0.2, 0.25) is 0 Å². The summed E-state index contributed by atoms with van der Waals surface area (Å²) in [5.41, 5.74) is 0.310. The van der Waals surface area contributed by atoms with Crippen LogP contribution in [-0.4, -0.2) is 55.0 Å². The molecule has 154 valence electrons. The number of hydrogen-bond acceptors (Lipinski definition) is 5. The third-order valence-electron chi connectivity index (χ3n) is 5.18. The van der Waals surface area contributed by atoms with E-state index in [2.05, 4.69) is 20.5 Å². The van der Waals surface area contributed by atoms with Crippen molar-refractivity contribution in [2.75, 3.05) is 27.2 Å². The zero-order chi connectivity index (χ0) is 20.4. The van der Waals surface area contributed by atoms with Crippen LogP contribution in [0.4, 0.5) is 13.2 Å². The fourth-order valence-electron chi connectivity index (χ4n) is 3.60. The van der Waals surface area contributed by atoms with E-state index in [1.54, 1.807) is 12.1 Å². The molecule has 1 unspecified atom stereocenters. The quantitative estimate of drug-likeness (QED) is 0.805. The lowest BCUT2D eigenvalue weighted by molar-refractivity contribution is -0.137. The van der Waals surface area contributed by atoms with Crippen molar-refractivity contribution in [1.82, 2.24) is 20.4 Å². The molecule has 0 aromatic heterocycles. The lowest BCUT2D eigenvalue weighted by Gasteiger charge is -2.40. The molecule has 28 heavy (non-hydrogen) atoms. The third kappa shape index (κ3) is 5.26. The molecule has 3 rings (SSSR count). The van der Waals surface area contributed by atoms with Crippen molar-refractivity contribution in [3.8, 4) is 0 Å².